The Bertz CT molecular complexity index is 330. The maximum atomic E-state index is 11.4. The van der Waals surface area contributed by atoms with E-state index >= 15 is 0 Å². The van der Waals surface area contributed by atoms with E-state index in [2.05, 4.69) is 10.0 Å². The van der Waals surface area contributed by atoms with E-state index in [4.69, 9.17) is 10.00 Å². The molecule has 2 unspecified atom stereocenters. The molecule has 1 saturated heterocycles. The van der Waals surface area contributed by atoms with Crippen LogP contribution >= 0.6 is 0 Å². The van der Waals surface area contributed by atoms with Crippen molar-refractivity contribution in [2.24, 2.45) is 0 Å². The lowest BCUT2D eigenvalue weighted by Crippen LogP contribution is -2.46. The standard InChI is InChI=1S/C8H15N3O3S/c1-7(4-9)15(12,13)11-6-8-5-10-2-3-14-8/h7-8,10-11H,2-3,5-6H2,1H3. The van der Waals surface area contributed by atoms with Gasteiger partial charge in [-0.15, -0.1) is 0 Å². The lowest BCUT2D eigenvalue weighted by molar-refractivity contribution is 0.0324. The van der Waals surface area contributed by atoms with Crippen LogP contribution in [-0.2, 0) is 14.8 Å². The van der Waals surface area contributed by atoms with Crippen molar-refractivity contribution in [3.8, 4) is 6.07 Å². The van der Waals surface area contributed by atoms with E-state index in [1.54, 1.807) is 6.07 Å². The number of nitriles is 1. The van der Waals surface area contributed by atoms with E-state index in [-0.39, 0.29) is 12.6 Å². The molecular formula is C8H15N3O3S. The second kappa shape index (κ2) is 5.42. The van der Waals surface area contributed by atoms with Crippen LogP contribution in [-0.4, -0.2) is 46.0 Å². The first kappa shape index (κ1) is 12.4. The predicted molar refractivity (Wildman–Crippen MR) is 54.6 cm³/mol. The van der Waals surface area contributed by atoms with Gasteiger partial charge in [-0.25, -0.2) is 13.1 Å². The van der Waals surface area contributed by atoms with E-state index in [0.717, 1.165) is 6.54 Å². The monoisotopic (exact) mass is 233 g/mol. The summed E-state index contributed by atoms with van der Waals surface area (Å²) in [5, 5.41) is 10.6. The van der Waals surface area contributed by atoms with Crippen molar-refractivity contribution in [2.45, 2.75) is 18.3 Å². The summed E-state index contributed by atoms with van der Waals surface area (Å²) in [5.41, 5.74) is 0. The summed E-state index contributed by atoms with van der Waals surface area (Å²) < 4.78 is 30.5. The fourth-order valence-electron chi connectivity index (χ4n) is 1.15. The van der Waals surface area contributed by atoms with Gasteiger partial charge < -0.3 is 10.1 Å². The molecule has 0 aromatic carbocycles. The Morgan fingerprint density at radius 2 is 2.47 bits per heavy atom. The Morgan fingerprint density at radius 1 is 1.73 bits per heavy atom. The number of ether oxygens (including phenoxy) is 1. The minimum atomic E-state index is -3.53. The van der Waals surface area contributed by atoms with Gasteiger partial charge in [0, 0.05) is 19.6 Å². The third-order valence-electron chi connectivity index (χ3n) is 2.16. The van der Waals surface area contributed by atoms with E-state index in [0.29, 0.717) is 13.2 Å². The molecule has 2 atom stereocenters. The van der Waals surface area contributed by atoms with Gasteiger partial charge in [-0.05, 0) is 6.92 Å². The van der Waals surface area contributed by atoms with Gasteiger partial charge in [0.1, 0.15) is 0 Å². The summed E-state index contributed by atoms with van der Waals surface area (Å²) in [6.45, 7) is 3.56. The van der Waals surface area contributed by atoms with Gasteiger partial charge in [0.2, 0.25) is 10.0 Å². The largest absolute Gasteiger partial charge is 0.374 e. The first-order valence-corrected chi connectivity index (χ1v) is 6.31. The SMILES string of the molecule is CC(C#N)S(=O)(=O)NCC1CNCCO1. The molecule has 6 nitrogen and oxygen atoms in total. The van der Waals surface area contributed by atoms with Crippen molar-refractivity contribution in [1.82, 2.24) is 10.0 Å². The molecule has 1 fully saturated rings. The average molecular weight is 233 g/mol. The number of rotatable bonds is 4. The fraction of sp³-hybridized carbons (Fsp3) is 0.875. The molecule has 0 saturated carbocycles. The highest BCUT2D eigenvalue weighted by Crippen LogP contribution is 1.99. The van der Waals surface area contributed by atoms with Gasteiger partial charge in [0.15, 0.2) is 5.25 Å². The normalized spacial score (nSPS) is 24.4. The lowest BCUT2D eigenvalue weighted by Gasteiger charge is -2.23. The summed E-state index contributed by atoms with van der Waals surface area (Å²) in [6, 6.07) is 1.69. The summed E-state index contributed by atoms with van der Waals surface area (Å²) in [7, 11) is -3.53. The third-order valence-corrected chi connectivity index (χ3v) is 3.77. The Hall–Kier alpha value is -0.680. The molecule has 0 bridgehead atoms. The molecule has 0 radical (unpaired) electrons. The van der Waals surface area contributed by atoms with Crippen LogP contribution in [0.3, 0.4) is 0 Å². The topological polar surface area (TPSA) is 91.2 Å². The van der Waals surface area contributed by atoms with Crippen molar-refractivity contribution >= 4 is 10.0 Å². The molecule has 7 heteroatoms. The Morgan fingerprint density at radius 3 is 3.00 bits per heavy atom. The highest BCUT2D eigenvalue weighted by molar-refractivity contribution is 7.90. The molecule has 15 heavy (non-hydrogen) atoms. The van der Waals surface area contributed by atoms with Crippen molar-refractivity contribution in [1.29, 1.82) is 5.26 Å². The maximum Gasteiger partial charge on any atom is 0.227 e. The summed E-state index contributed by atoms with van der Waals surface area (Å²) in [5.74, 6) is 0. The van der Waals surface area contributed by atoms with Gasteiger partial charge in [0.05, 0.1) is 18.8 Å². The minimum absolute atomic E-state index is 0.153. The van der Waals surface area contributed by atoms with Crippen LogP contribution in [0.5, 0.6) is 0 Å². The zero-order chi connectivity index (χ0) is 11.3. The molecule has 1 aliphatic rings. The summed E-state index contributed by atoms with van der Waals surface area (Å²) >= 11 is 0. The van der Waals surface area contributed by atoms with Gasteiger partial charge in [-0.2, -0.15) is 5.26 Å². The summed E-state index contributed by atoms with van der Waals surface area (Å²) in [6.07, 6.45) is -0.153. The molecule has 1 heterocycles. The second-order valence-electron chi connectivity index (χ2n) is 3.36. The van der Waals surface area contributed by atoms with Crippen LogP contribution in [0.15, 0.2) is 0 Å². The van der Waals surface area contributed by atoms with Crippen LogP contribution < -0.4 is 10.0 Å². The van der Waals surface area contributed by atoms with Gasteiger partial charge in [-0.1, -0.05) is 0 Å². The fourth-order valence-corrected chi connectivity index (χ4v) is 1.96. The Labute approximate surface area is 89.7 Å². The molecule has 0 aromatic rings. The predicted octanol–water partition coefficient (Wildman–Crippen LogP) is -1.19. The zero-order valence-electron chi connectivity index (χ0n) is 8.56. The first-order valence-electron chi connectivity index (χ1n) is 4.76. The number of nitrogens with zero attached hydrogens (tertiary/aromatic N) is 1. The third kappa shape index (κ3) is 3.76. The van der Waals surface area contributed by atoms with Crippen molar-refractivity contribution in [2.75, 3.05) is 26.2 Å². The Kier molecular flexibility index (Phi) is 4.47. The highest BCUT2D eigenvalue weighted by atomic mass is 32.2. The molecule has 0 aliphatic carbocycles. The molecule has 0 spiro atoms. The van der Waals surface area contributed by atoms with Gasteiger partial charge in [0.25, 0.3) is 0 Å². The van der Waals surface area contributed by atoms with Crippen LogP contribution in [0.2, 0.25) is 0 Å². The minimum Gasteiger partial charge on any atom is -0.374 e. The Balaban J connectivity index is 2.39. The van der Waals surface area contributed by atoms with Crippen LogP contribution in [0.25, 0.3) is 0 Å². The van der Waals surface area contributed by atoms with Crippen LogP contribution in [0, 0.1) is 11.3 Å². The maximum absolute atomic E-state index is 11.4. The molecule has 0 aromatic heterocycles. The summed E-state index contributed by atoms with van der Waals surface area (Å²) in [4.78, 5) is 0. The smallest absolute Gasteiger partial charge is 0.227 e. The molecule has 86 valence electrons. The molecule has 1 rings (SSSR count). The van der Waals surface area contributed by atoms with Crippen molar-refractivity contribution < 1.29 is 13.2 Å². The lowest BCUT2D eigenvalue weighted by atomic mass is 10.3. The van der Waals surface area contributed by atoms with Crippen molar-refractivity contribution in [3.05, 3.63) is 0 Å². The van der Waals surface area contributed by atoms with Crippen LogP contribution in [0.1, 0.15) is 6.92 Å². The molecule has 0 amide bonds. The number of sulfonamides is 1. The zero-order valence-corrected chi connectivity index (χ0v) is 9.38. The molecule has 2 N–H and O–H groups in total. The van der Waals surface area contributed by atoms with E-state index in [9.17, 15) is 8.42 Å². The quantitative estimate of drug-likeness (QED) is 0.637. The second-order valence-corrected chi connectivity index (χ2v) is 5.45. The number of morpholine rings is 1. The van der Waals surface area contributed by atoms with E-state index in [1.807, 2.05) is 0 Å². The average Bonchev–Trinajstić information content (AvgIpc) is 2.27. The number of hydrogen-bond acceptors (Lipinski definition) is 5. The van der Waals surface area contributed by atoms with E-state index in [1.165, 1.54) is 6.92 Å². The molecule has 1 aliphatic heterocycles. The first-order chi connectivity index (χ1) is 7.06. The number of nitrogens with one attached hydrogen (secondary N) is 2. The van der Waals surface area contributed by atoms with Gasteiger partial charge >= 0.3 is 0 Å². The molecular weight excluding hydrogens is 218 g/mol. The van der Waals surface area contributed by atoms with Crippen molar-refractivity contribution in [3.63, 3.8) is 0 Å². The number of hydrogen-bond donors (Lipinski definition) is 2. The van der Waals surface area contributed by atoms with Gasteiger partial charge in [-0.3, -0.25) is 0 Å². The van der Waals surface area contributed by atoms with E-state index < -0.39 is 15.3 Å². The van der Waals surface area contributed by atoms with Crippen LogP contribution in [0.4, 0.5) is 0 Å². The highest BCUT2D eigenvalue weighted by Gasteiger charge is 2.22.